The van der Waals surface area contributed by atoms with Crippen molar-refractivity contribution in [2.24, 2.45) is 0 Å². The molecule has 0 amide bonds. The van der Waals surface area contributed by atoms with E-state index in [2.05, 4.69) is 15.0 Å². The first-order valence-electron chi connectivity index (χ1n) is 9.22. The standard InChI is InChI=1S/C17H20N4O6.C2H4O2/c1-7-3-9-10(4-8(7)2)21(5-11(23)14(25)12(24)6-22)15-13(18-9)16(26)20-17(27)19-15;1-2(3)4/h3-4,11-12,14,22-25H,5-6H2,1-2H3,(H,20,26,27);1H3,(H,3,4)/t11-,12+,14-;/m1./s1. The van der Waals surface area contributed by atoms with Gasteiger partial charge in [0, 0.05) is 6.92 Å². The van der Waals surface area contributed by atoms with Crippen LogP contribution in [0.15, 0.2) is 21.7 Å². The fraction of sp³-hybridized carbons (Fsp3) is 0.421. The number of hydrogen-bond acceptors (Lipinski definition) is 9. The fourth-order valence-corrected chi connectivity index (χ4v) is 2.89. The Kier molecular flexibility index (Phi) is 7.57. The fourth-order valence-electron chi connectivity index (χ4n) is 2.89. The zero-order chi connectivity index (χ0) is 23.5. The zero-order valence-corrected chi connectivity index (χ0v) is 17.1. The average molecular weight is 436 g/mol. The number of fused-ring (bicyclic) bond motifs is 2. The molecule has 6 N–H and O–H groups in total. The molecule has 3 rings (SSSR count). The number of nitrogens with zero attached hydrogens (tertiary/aromatic N) is 3. The third-order valence-electron chi connectivity index (χ3n) is 4.57. The summed E-state index contributed by atoms with van der Waals surface area (Å²) in [4.78, 5) is 43.0. The number of H-pyrrole nitrogens is 1. The number of carboxylic acid groups (broad SMARTS) is 1. The highest BCUT2D eigenvalue weighted by Crippen LogP contribution is 2.24. The van der Waals surface area contributed by atoms with Gasteiger partial charge in [-0.3, -0.25) is 14.6 Å². The van der Waals surface area contributed by atoms with Gasteiger partial charge in [0.2, 0.25) is 0 Å². The first-order chi connectivity index (χ1) is 14.5. The Balaban J connectivity index is 0.000000785. The van der Waals surface area contributed by atoms with E-state index in [1.54, 1.807) is 12.1 Å². The Labute approximate surface area is 175 Å². The first kappa shape index (κ1) is 24.1. The van der Waals surface area contributed by atoms with Gasteiger partial charge in [-0.1, -0.05) is 0 Å². The van der Waals surface area contributed by atoms with Crippen LogP contribution in [0.4, 0.5) is 0 Å². The number of aliphatic hydroxyl groups excluding tert-OH is 4. The van der Waals surface area contributed by atoms with Crippen molar-refractivity contribution in [3.8, 4) is 11.5 Å². The number of aliphatic carboxylic acids is 1. The van der Waals surface area contributed by atoms with E-state index < -0.39 is 42.1 Å². The van der Waals surface area contributed by atoms with Gasteiger partial charge in [-0.05, 0) is 37.1 Å². The highest BCUT2D eigenvalue weighted by Gasteiger charge is 2.27. The second kappa shape index (κ2) is 9.75. The normalized spacial score (nSPS) is 14.0. The van der Waals surface area contributed by atoms with Crippen molar-refractivity contribution in [2.45, 2.75) is 45.6 Å². The van der Waals surface area contributed by atoms with Gasteiger partial charge in [0.15, 0.2) is 11.5 Å². The Morgan fingerprint density at radius 1 is 1.10 bits per heavy atom. The van der Waals surface area contributed by atoms with Crippen LogP contribution in [-0.4, -0.2) is 75.9 Å². The van der Waals surface area contributed by atoms with Crippen LogP contribution in [0.2, 0.25) is 0 Å². The lowest BCUT2D eigenvalue weighted by molar-refractivity contribution is -0.134. The SMILES string of the molecule is CC(=O)O.Cc1cc2nc3c(=O)[nH]c(=O)nc-3n(C[C@@H](O)[C@@H](O)[C@@H](O)CO)c2cc1C. The van der Waals surface area contributed by atoms with Crippen molar-refractivity contribution in [3.05, 3.63) is 44.1 Å². The average Bonchev–Trinajstić information content (AvgIpc) is 2.68. The highest BCUT2D eigenvalue weighted by atomic mass is 16.4. The lowest BCUT2D eigenvalue weighted by Crippen LogP contribution is -2.42. The van der Waals surface area contributed by atoms with E-state index in [0.717, 1.165) is 18.1 Å². The predicted octanol–water partition coefficient (Wildman–Crippen LogP) is -1.63. The monoisotopic (exact) mass is 436 g/mol. The second-order valence-electron chi connectivity index (χ2n) is 7.02. The molecule has 0 unspecified atom stereocenters. The van der Waals surface area contributed by atoms with Gasteiger partial charge in [0.1, 0.15) is 18.3 Å². The molecule has 0 radical (unpaired) electrons. The van der Waals surface area contributed by atoms with Gasteiger partial charge in [0.25, 0.3) is 11.5 Å². The van der Waals surface area contributed by atoms with Gasteiger partial charge >= 0.3 is 5.69 Å². The minimum atomic E-state index is -1.64. The number of aromatic amines is 1. The maximum Gasteiger partial charge on any atom is 0.349 e. The van der Waals surface area contributed by atoms with Crippen molar-refractivity contribution in [1.29, 1.82) is 0 Å². The number of hydrogen-bond donors (Lipinski definition) is 6. The van der Waals surface area contributed by atoms with Crippen molar-refractivity contribution < 1.29 is 30.3 Å². The second-order valence-corrected chi connectivity index (χ2v) is 7.02. The van der Waals surface area contributed by atoms with Crippen LogP contribution >= 0.6 is 0 Å². The Morgan fingerprint density at radius 2 is 1.68 bits per heavy atom. The number of carboxylic acids is 1. The Morgan fingerprint density at radius 3 is 2.26 bits per heavy atom. The molecule has 1 aromatic rings. The topological polar surface area (TPSA) is 199 Å². The number of nitrogens with one attached hydrogen (secondary N) is 1. The van der Waals surface area contributed by atoms with Gasteiger partial charge in [-0.25, -0.2) is 9.78 Å². The predicted molar refractivity (Wildman–Crippen MR) is 109 cm³/mol. The van der Waals surface area contributed by atoms with Crippen LogP contribution < -0.4 is 11.2 Å². The number of rotatable bonds is 5. The van der Waals surface area contributed by atoms with Crippen LogP contribution in [0.25, 0.3) is 22.6 Å². The van der Waals surface area contributed by atoms with E-state index in [1.807, 2.05) is 13.8 Å². The van der Waals surface area contributed by atoms with Crippen LogP contribution in [0.3, 0.4) is 0 Å². The summed E-state index contributed by atoms with van der Waals surface area (Å²) in [7, 11) is 0. The van der Waals surface area contributed by atoms with Crippen LogP contribution in [0.5, 0.6) is 0 Å². The van der Waals surface area contributed by atoms with Crippen LogP contribution in [0, 0.1) is 13.8 Å². The molecular formula is C19H24N4O8. The molecule has 2 aliphatic rings. The summed E-state index contributed by atoms with van der Waals surface area (Å²) in [6.07, 6.45) is -4.68. The third-order valence-corrected chi connectivity index (χ3v) is 4.57. The molecule has 0 saturated heterocycles. The van der Waals surface area contributed by atoms with Crippen molar-refractivity contribution in [3.63, 3.8) is 0 Å². The van der Waals surface area contributed by atoms with E-state index in [9.17, 15) is 24.9 Å². The molecule has 0 saturated carbocycles. The molecule has 12 heteroatoms. The number of benzene rings is 1. The zero-order valence-electron chi connectivity index (χ0n) is 17.1. The van der Waals surface area contributed by atoms with Crippen LogP contribution in [-0.2, 0) is 11.3 Å². The molecule has 0 fully saturated rings. The lowest BCUT2D eigenvalue weighted by atomic mass is 10.1. The number of aryl methyl sites for hydroxylation is 2. The number of carbonyl (C=O) groups is 1. The van der Waals surface area contributed by atoms with Gasteiger partial charge in [-0.15, -0.1) is 0 Å². The van der Waals surface area contributed by atoms with Gasteiger partial charge in [-0.2, -0.15) is 4.98 Å². The molecule has 2 aliphatic heterocycles. The van der Waals surface area contributed by atoms with E-state index in [4.69, 9.17) is 15.0 Å². The smallest absolute Gasteiger partial charge is 0.349 e. The Bertz CT molecular complexity index is 1170. The van der Waals surface area contributed by atoms with Crippen molar-refractivity contribution in [2.75, 3.05) is 6.61 Å². The summed E-state index contributed by atoms with van der Waals surface area (Å²) in [6, 6.07) is 3.53. The van der Waals surface area contributed by atoms with E-state index in [0.29, 0.717) is 11.0 Å². The molecule has 0 aliphatic carbocycles. The molecule has 31 heavy (non-hydrogen) atoms. The number of aromatic nitrogens is 4. The lowest BCUT2D eigenvalue weighted by Gasteiger charge is -2.25. The molecule has 168 valence electrons. The van der Waals surface area contributed by atoms with E-state index in [1.165, 1.54) is 4.57 Å². The third kappa shape index (κ3) is 5.49. The minimum Gasteiger partial charge on any atom is -0.481 e. The van der Waals surface area contributed by atoms with Crippen molar-refractivity contribution in [1.82, 2.24) is 19.5 Å². The van der Waals surface area contributed by atoms with Crippen LogP contribution in [0.1, 0.15) is 18.1 Å². The summed E-state index contributed by atoms with van der Waals surface area (Å²) < 4.78 is 1.40. The quantitative estimate of drug-likeness (QED) is 0.252. The summed E-state index contributed by atoms with van der Waals surface area (Å²) in [5.74, 6) is -0.885. The summed E-state index contributed by atoms with van der Waals surface area (Å²) in [5, 5.41) is 46.2. The maximum absolute atomic E-state index is 12.2. The molecule has 0 bridgehead atoms. The first-order valence-corrected chi connectivity index (χ1v) is 9.22. The maximum atomic E-state index is 12.2. The molecule has 0 spiro atoms. The molecule has 0 aromatic heterocycles. The van der Waals surface area contributed by atoms with Crippen molar-refractivity contribution >= 4 is 17.0 Å². The number of aliphatic hydroxyl groups is 4. The molecule has 3 atom stereocenters. The summed E-state index contributed by atoms with van der Waals surface area (Å²) in [5.41, 5.74) is 1.11. The minimum absolute atomic E-state index is 0.0516. The largest absolute Gasteiger partial charge is 0.481 e. The molecule has 2 heterocycles. The molecule has 1 aromatic carbocycles. The van der Waals surface area contributed by atoms with Gasteiger partial charge in [0.05, 0.1) is 24.2 Å². The molecular weight excluding hydrogens is 412 g/mol. The Hall–Kier alpha value is -3.19. The summed E-state index contributed by atoms with van der Waals surface area (Å²) >= 11 is 0. The molecule has 12 nitrogen and oxygen atoms in total. The summed E-state index contributed by atoms with van der Waals surface area (Å²) in [6.45, 7) is 3.81. The van der Waals surface area contributed by atoms with Gasteiger partial charge < -0.3 is 30.1 Å². The van der Waals surface area contributed by atoms with E-state index in [-0.39, 0.29) is 18.1 Å². The highest BCUT2D eigenvalue weighted by molar-refractivity contribution is 5.81. The van der Waals surface area contributed by atoms with E-state index >= 15 is 0 Å².